The summed E-state index contributed by atoms with van der Waals surface area (Å²) in [6.45, 7) is 15.0. The van der Waals surface area contributed by atoms with Crippen molar-refractivity contribution in [2.75, 3.05) is 13.1 Å². The normalized spacial score (nSPS) is 20.0. The van der Waals surface area contributed by atoms with Crippen LogP contribution in [0.5, 0.6) is 0 Å². The maximum absolute atomic E-state index is 10.4. The zero-order valence-electron chi connectivity index (χ0n) is 11.4. The molecule has 2 heteroatoms. The van der Waals surface area contributed by atoms with Crippen LogP contribution in [0.25, 0.3) is 0 Å². The van der Waals surface area contributed by atoms with Crippen LogP contribution >= 0.6 is 0 Å². The fourth-order valence-corrected chi connectivity index (χ4v) is 2.40. The summed E-state index contributed by atoms with van der Waals surface area (Å²) in [5.74, 6) is 0.371. The third-order valence-electron chi connectivity index (χ3n) is 4.02. The molecule has 0 amide bonds. The van der Waals surface area contributed by atoms with Crippen molar-refractivity contribution in [2.24, 2.45) is 5.92 Å². The number of rotatable bonds is 7. The number of hydrogen-bond acceptors (Lipinski definition) is 2. The van der Waals surface area contributed by atoms with Crippen LogP contribution < -0.4 is 0 Å². The Labute approximate surface area is 95.7 Å². The molecule has 0 saturated carbocycles. The summed E-state index contributed by atoms with van der Waals surface area (Å²) in [5, 5.41) is 10.4. The van der Waals surface area contributed by atoms with E-state index in [1.807, 2.05) is 0 Å². The second-order valence-corrected chi connectivity index (χ2v) is 4.71. The number of nitrogens with zero attached hydrogens (tertiary/aromatic N) is 1. The molecule has 0 aliphatic heterocycles. The third kappa shape index (κ3) is 3.18. The summed E-state index contributed by atoms with van der Waals surface area (Å²) in [5.41, 5.74) is -0.0705. The van der Waals surface area contributed by atoms with Gasteiger partial charge >= 0.3 is 0 Å². The van der Waals surface area contributed by atoms with Gasteiger partial charge in [0.2, 0.25) is 0 Å². The minimum atomic E-state index is -0.229. The second-order valence-electron chi connectivity index (χ2n) is 4.71. The van der Waals surface area contributed by atoms with Crippen molar-refractivity contribution in [1.82, 2.24) is 4.90 Å². The van der Waals surface area contributed by atoms with E-state index in [-0.39, 0.29) is 11.6 Å². The lowest BCUT2D eigenvalue weighted by atomic mass is 9.81. The van der Waals surface area contributed by atoms with E-state index >= 15 is 0 Å². The lowest BCUT2D eigenvalue weighted by Crippen LogP contribution is -2.56. The fraction of sp³-hybridized carbons (Fsp3) is 1.00. The first kappa shape index (κ1) is 14.9. The van der Waals surface area contributed by atoms with E-state index in [0.717, 1.165) is 25.9 Å². The van der Waals surface area contributed by atoms with Gasteiger partial charge < -0.3 is 5.11 Å². The van der Waals surface area contributed by atoms with Gasteiger partial charge in [0.05, 0.1) is 6.10 Å². The first-order valence-corrected chi connectivity index (χ1v) is 6.40. The van der Waals surface area contributed by atoms with Gasteiger partial charge in [-0.25, -0.2) is 0 Å². The highest BCUT2D eigenvalue weighted by atomic mass is 16.3. The smallest absolute Gasteiger partial charge is 0.0746 e. The van der Waals surface area contributed by atoms with Crippen molar-refractivity contribution >= 4 is 0 Å². The topological polar surface area (TPSA) is 23.5 Å². The molecule has 3 unspecified atom stereocenters. The van der Waals surface area contributed by atoms with E-state index in [9.17, 15) is 5.11 Å². The van der Waals surface area contributed by atoms with Gasteiger partial charge in [0, 0.05) is 5.54 Å². The molecule has 0 heterocycles. The SMILES string of the molecule is CCC(C)C(O)C(C)(CC)N(CC)CC. The first-order chi connectivity index (χ1) is 6.97. The summed E-state index contributed by atoms with van der Waals surface area (Å²) >= 11 is 0. The maximum atomic E-state index is 10.4. The highest BCUT2D eigenvalue weighted by Gasteiger charge is 2.38. The summed E-state index contributed by atoms with van der Waals surface area (Å²) in [4.78, 5) is 2.38. The van der Waals surface area contributed by atoms with Crippen molar-refractivity contribution in [3.8, 4) is 0 Å². The standard InChI is InChI=1S/C13H29NO/c1-7-11(5)12(15)13(6,8-2)14(9-3)10-4/h11-12,15H,7-10H2,1-6H3. The molecule has 1 N–H and O–H groups in total. The molecule has 92 valence electrons. The lowest BCUT2D eigenvalue weighted by Gasteiger charge is -2.45. The highest BCUT2D eigenvalue weighted by Crippen LogP contribution is 2.29. The van der Waals surface area contributed by atoms with Gasteiger partial charge in [-0.05, 0) is 32.4 Å². The molecule has 0 rings (SSSR count). The Morgan fingerprint density at radius 2 is 1.60 bits per heavy atom. The molecule has 0 aromatic heterocycles. The molecule has 3 atom stereocenters. The Morgan fingerprint density at radius 1 is 1.13 bits per heavy atom. The predicted molar refractivity (Wildman–Crippen MR) is 67.1 cm³/mol. The van der Waals surface area contributed by atoms with E-state index < -0.39 is 0 Å². The molecule has 0 fully saturated rings. The highest BCUT2D eigenvalue weighted by molar-refractivity contribution is 4.93. The Balaban J connectivity index is 4.80. The van der Waals surface area contributed by atoms with Crippen LogP contribution in [0.1, 0.15) is 54.4 Å². The molecule has 0 spiro atoms. The number of hydrogen-bond donors (Lipinski definition) is 1. The molecule has 2 nitrogen and oxygen atoms in total. The molecular weight excluding hydrogens is 186 g/mol. The van der Waals surface area contributed by atoms with Gasteiger partial charge in [-0.2, -0.15) is 0 Å². The van der Waals surface area contributed by atoms with Crippen LogP contribution in [-0.2, 0) is 0 Å². The van der Waals surface area contributed by atoms with Crippen LogP contribution in [0, 0.1) is 5.92 Å². The van der Waals surface area contributed by atoms with E-state index in [1.54, 1.807) is 0 Å². The molecule has 0 aliphatic carbocycles. The van der Waals surface area contributed by atoms with Crippen LogP contribution in [0.3, 0.4) is 0 Å². The third-order valence-corrected chi connectivity index (χ3v) is 4.02. The predicted octanol–water partition coefficient (Wildman–Crippen LogP) is 2.90. The second kappa shape index (κ2) is 6.49. The van der Waals surface area contributed by atoms with Crippen LogP contribution in [-0.4, -0.2) is 34.7 Å². The Bertz CT molecular complexity index is 168. The molecule has 15 heavy (non-hydrogen) atoms. The zero-order chi connectivity index (χ0) is 12.1. The largest absolute Gasteiger partial charge is 0.391 e. The Morgan fingerprint density at radius 3 is 1.87 bits per heavy atom. The van der Waals surface area contributed by atoms with Crippen molar-refractivity contribution < 1.29 is 5.11 Å². The van der Waals surface area contributed by atoms with Crippen LogP contribution in [0.15, 0.2) is 0 Å². The summed E-state index contributed by atoms with van der Waals surface area (Å²) < 4.78 is 0. The molecular formula is C13H29NO. The molecule has 0 aliphatic rings. The maximum Gasteiger partial charge on any atom is 0.0746 e. The molecule has 0 saturated heterocycles. The Hall–Kier alpha value is -0.0800. The summed E-state index contributed by atoms with van der Waals surface area (Å²) in [6.07, 6.45) is 1.81. The molecule has 0 aromatic carbocycles. The van der Waals surface area contributed by atoms with Crippen molar-refractivity contribution in [2.45, 2.75) is 66.0 Å². The van der Waals surface area contributed by atoms with Crippen molar-refractivity contribution in [1.29, 1.82) is 0 Å². The minimum Gasteiger partial charge on any atom is -0.391 e. The molecule has 0 bridgehead atoms. The van der Waals surface area contributed by atoms with E-state index in [0.29, 0.717) is 5.92 Å². The van der Waals surface area contributed by atoms with Gasteiger partial charge in [-0.3, -0.25) is 4.90 Å². The lowest BCUT2D eigenvalue weighted by molar-refractivity contribution is -0.0479. The first-order valence-electron chi connectivity index (χ1n) is 6.40. The summed E-state index contributed by atoms with van der Waals surface area (Å²) in [7, 11) is 0. The van der Waals surface area contributed by atoms with Gasteiger partial charge in [0.25, 0.3) is 0 Å². The Kier molecular flexibility index (Phi) is 6.46. The zero-order valence-corrected chi connectivity index (χ0v) is 11.4. The quantitative estimate of drug-likeness (QED) is 0.706. The van der Waals surface area contributed by atoms with Crippen LogP contribution in [0.2, 0.25) is 0 Å². The van der Waals surface area contributed by atoms with E-state index in [2.05, 4.69) is 46.4 Å². The minimum absolute atomic E-state index is 0.0705. The van der Waals surface area contributed by atoms with E-state index in [1.165, 1.54) is 0 Å². The van der Waals surface area contributed by atoms with Gasteiger partial charge in [0.15, 0.2) is 0 Å². The van der Waals surface area contributed by atoms with Crippen molar-refractivity contribution in [3.63, 3.8) is 0 Å². The average molecular weight is 215 g/mol. The number of likely N-dealkylation sites (N-methyl/N-ethyl adjacent to an activating group) is 1. The molecule has 0 aromatic rings. The number of aliphatic hydroxyl groups excluding tert-OH is 1. The van der Waals surface area contributed by atoms with Gasteiger partial charge in [-0.1, -0.05) is 41.0 Å². The molecule has 0 radical (unpaired) electrons. The van der Waals surface area contributed by atoms with E-state index in [4.69, 9.17) is 0 Å². The van der Waals surface area contributed by atoms with Gasteiger partial charge in [0.1, 0.15) is 0 Å². The van der Waals surface area contributed by atoms with Crippen molar-refractivity contribution in [3.05, 3.63) is 0 Å². The fourth-order valence-electron chi connectivity index (χ4n) is 2.40. The van der Waals surface area contributed by atoms with Crippen LogP contribution in [0.4, 0.5) is 0 Å². The summed E-state index contributed by atoms with van der Waals surface area (Å²) in [6, 6.07) is 0. The van der Waals surface area contributed by atoms with Gasteiger partial charge in [-0.15, -0.1) is 0 Å². The monoisotopic (exact) mass is 215 g/mol. The number of aliphatic hydroxyl groups is 1. The average Bonchev–Trinajstić information content (AvgIpc) is 2.28.